The Balaban J connectivity index is 2.26. The Morgan fingerprint density at radius 3 is 2.08 bits per heavy atom. The van der Waals surface area contributed by atoms with Crippen molar-refractivity contribution in [3.05, 3.63) is 59.7 Å². The smallest absolute Gasteiger partial charge is 0.325 e. The highest BCUT2D eigenvalue weighted by Crippen LogP contribution is 2.30. The number of carboxylic acids is 1. The molecule has 0 aliphatic rings. The number of carbonyl (C=O) groups is 2. The maximum atomic E-state index is 12.3. The van der Waals surface area contributed by atoms with Crippen LogP contribution < -0.4 is 15.8 Å². The summed E-state index contributed by atoms with van der Waals surface area (Å²) in [4.78, 5) is 23.2. The lowest BCUT2D eigenvalue weighted by Gasteiger charge is -2.19. The van der Waals surface area contributed by atoms with Crippen LogP contribution in [0.15, 0.2) is 48.5 Å². The van der Waals surface area contributed by atoms with Gasteiger partial charge in [-0.15, -0.1) is 0 Å². The molecule has 0 heterocycles. The van der Waals surface area contributed by atoms with Crippen LogP contribution in [0.4, 0.5) is 5.69 Å². The van der Waals surface area contributed by atoms with E-state index in [1.807, 2.05) is 36.4 Å². The topological polar surface area (TPSA) is 102 Å². The van der Waals surface area contributed by atoms with Gasteiger partial charge in [0, 0.05) is 18.0 Å². The molecule has 6 nitrogen and oxygen atoms in total. The number of methoxy groups -OCH3 is 1. The number of amides is 1. The normalized spacial score (nSPS) is 12.9. The molecule has 2 rings (SSSR count). The van der Waals surface area contributed by atoms with E-state index in [0.717, 1.165) is 16.9 Å². The number of anilines is 1. The summed E-state index contributed by atoms with van der Waals surface area (Å²) in [7, 11) is 1.59. The third-order valence-electron chi connectivity index (χ3n) is 3.99. The first-order valence-electron chi connectivity index (χ1n) is 7.92. The summed E-state index contributed by atoms with van der Waals surface area (Å²) in [5, 5.41) is 11.4. The van der Waals surface area contributed by atoms with E-state index in [9.17, 15) is 9.59 Å². The van der Waals surface area contributed by atoms with Crippen molar-refractivity contribution in [3.8, 4) is 5.75 Å². The predicted molar refractivity (Wildman–Crippen MR) is 95.5 cm³/mol. The lowest BCUT2D eigenvalue weighted by atomic mass is 9.88. The molecule has 2 aromatic carbocycles. The number of carboxylic acid groups (broad SMARTS) is 1. The summed E-state index contributed by atoms with van der Waals surface area (Å²) >= 11 is 0. The summed E-state index contributed by atoms with van der Waals surface area (Å²) in [5.74, 6) is -0.884. The minimum atomic E-state index is -1.07. The van der Waals surface area contributed by atoms with Crippen LogP contribution >= 0.6 is 0 Å². The van der Waals surface area contributed by atoms with Crippen LogP contribution in [0.5, 0.6) is 5.75 Å². The Morgan fingerprint density at radius 1 is 1.08 bits per heavy atom. The number of ether oxygens (including phenoxy) is 1. The van der Waals surface area contributed by atoms with Crippen LogP contribution in [-0.2, 0) is 9.59 Å². The molecule has 0 saturated carbocycles. The van der Waals surface area contributed by atoms with E-state index >= 15 is 0 Å². The van der Waals surface area contributed by atoms with E-state index in [0.29, 0.717) is 5.69 Å². The molecule has 132 valence electrons. The average Bonchev–Trinajstić information content (AvgIpc) is 2.60. The number of nitrogen functional groups attached to an aromatic ring is 1. The standard InChI is InChI=1S/C19H22N2O4/c1-12(19(23)24)21-18(22)11-17(13-3-7-15(20)8-4-13)14-5-9-16(25-2)10-6-14/h3-10,12,17H,11,20H2,1-2H3,(H,21,22)(H,23,24). The fourth-order valence-electron chi connectivity index (χ4n) is 2.54. The van der Waals surface area contributed by atoms with E-state index < -0.39 is 12.0 Å². The molecule has 0 saturated heterocycles. The second-order valence-electron chi connectivity index (χ2n) is 5.82. The van der Waals surface area contributed by atoms with Gasteiger partial charge in [0.25, 0.3) is 0 Å². The number of nitrogens with two attached hydrogens (primary N) is 1. The zero-order chi connectivity index (χ0) is 18.4. The van der Waals surface area contributed by atoms with Gasteiger partial charge in [-0.3, -0.25) is 9.59 Å². The molecule has 4 N–H and O–H groups in total. The van der Waals surface area contributed by atoms with Crippen molar-refractivity contribution < 1.29 is 19.4 Å². The SMILES string of the molecule is COc1ccc(C(CC(=O)NC(C)C(=O)O)c2ccc(N)cc2)cc1. The van der Waals surface area contributed by atoms with Gasteiger partial charge in [0.2, 0.25) is 5.91 Å². The molecule has 25 heavy (non-hydrogen) atoms. The van der Waals surface area contributed by atoms with Crippen molar-refractivity contribution in [1.29, 1.82) is 0 Å². The molecule has 0 aliphatic carbocycles. The molecule has 2 atom stereocenters. The van der Waals surface area contributed by atoms with Crippen molar-refractivity contribution in [2.75, 3.05) is 12.8 Å². The first kappa shape index (κ1) is 18.3. The molecule has 2 unspecified atom stereocenters. The van der Waals surface area contributed by atoms with E-state index in [1.54, 1.807) is 19.2 Å². The number of nitrogens with one attached hydrogen (secondary N) is 1. The van der Waals surface area contributed by atoms with Gasteiger partial charge in [-0.1, -0.05) is 24.3 Å². The van der Waals surface area contributed by atoms with Crippen LogP contribution in [0.25, 0.3) is 0 Å². The van der Waals surface area contributed by atoms with Gasteiger partial charge in [-0.25, -0.2) is 0 Å². The molecule has 0 aromatic heterocycles. The highest BCUT2D eigenvalue weighted by Gasteiger charge is 2.21. The first-order valence-corrected chi connectivity index (χ1v) is 7.92. The van der Waals surface area contributed by atoms with Gasteiger partial charge in [0.15, 0.2) is 0 Å². The zero-order valence-corrected chi connectivity index (χ0v) is 14.2. The van der Waals surface area contributed by atoms with Crippen molar-refractivity contribution in [1.82, 2.24) is 5.32 Å². The van der Waals surface area contributed by atoms with Crippen LogP contribution in [0.2, 0.25) is 0 Å². The van der Waals surface area contributed by atoms with E-state index in [-0.39, 0.29) is 18.2 Å². The second kappa shape index (κ2) is 8.19. The van der Waals surface area contributed by atoms with Crippen molar-refractivity contribution in [2.45, 2.75) is 25.3 Å². The van der Waals surface area contributed by atoms with E-state index in [4.69, 9.17) is 15.6 Å². The molecule has 0 radical (unpaired) electrons. The van der Waals surface area contributed by atoms with Gasteiger partial charge in [0.05, 0.1) is 7.11 Å². The van der Waals surface area contributed by atoms with Crippen LogP contribution in [0, 0.1) is 0 Å². The van der Waals surface area contributed by atoms with Gasteiger partial charge in [-0.05, 0) is 42.3 Å². The highest BCUT2D eigenvalue weighted by molar-refractivity contribution is 5.84. The van der Waals surface area contributed by atoms with Crippen molar-refractivity contribution in [2.24, 2.45) is 0 Å². The Morgan fingerprint density at radius 2 is 1.60 bits per heavy atom. The minimum Gasteiger partial charge on any atom is -0.497 e. The number of carbonyl (C=O) groups excluding carboxylic acids is 1. The fourth-order valence-corrected chi connectivity index (χ4v) is 2.54. The maximum Gasteiger partial charge on any atom is 0.325 e. The predicted octanol–water partition coefficient (Wildman–Crippen LogP) is 2.39. The van der Waals surface area contributed by atoms with Crippen LogP contribution in [0.1, 0.15) is 30.4 Å². The molecule has 2 aromatic rings. The number of rotatable bonds is 7. The Hall–Kier alpha value is -3.02. The van der Waals surface area contributed by atoms with Gasteiger partial charge in [-0.2, -0.15) is 0 Å². The second-order valence-corrected chi connectivity index (χ2v) is 5.82. The van der Waals surface area contributed by atoms with Gasteiger partial charge in [0.1, 0.15) is 11.8 Å². The van der Waals surface area contributed by atoms with Gasteiger partial charge >= 0.3 is 5.97 Å². The zero-order valence-electron chi connectivity index (χ0n) is 14.2. The monoisotopic (exact) mass is 342 g/mol. The quantitative estimate of drug-likeness (QED) is 0.671. The van der Waals surface area contributed by atoms with E-state index in [1.165, 1.54) is 6.92 Å². The molecular formula is C19H22N2O4. The molecule has 0 fully saturated rings. The summed E-state index contributed by atoms with van der Waals surface area (Å²) in [6, 6.07) is 13.8. The maximum absolute atomic E-state index is 12.3. The number of benzene rings is 2. The van der Waals surface area contributed by atoms with Crippen molar-refractivity contribution >= 4 is 17.6 Å². The average molecular weight is 342 g/mol. The van der Waals surface area contributed by atoms with Gasteiger partial charge < -0.3 is 20.9 Å². The first-order chi connectivity index (χ1) is 11.9. The largest absolute Gasteiger partial charge is 0.497 e. The van der Waals surface area contributed by atoms with Crippen molar-refractivity contribution in [3.63, 3.8) is 0 Å². The number of hydrogen-bond acceptors (Lipinski definition) is 4. The lowest BCUT2D eigenvalue weighted by molar-refractivity contribution is -0.141. The Kier molecular flexibility index (Phi) is 6.00. The summed E-state index contributed by atoms with van der Waals surface area (Å²) in [5.41, 5.74) is 8.24. The lowest BCUT2D eigenvalue weighted by Crippen LogP contribution is -2.38. The molecule has 0 aliphatic heterocycles. The third-order valence-corrected chi connectivity index (χ3v) is 3.99. The summed E-state index contributed by atoms with van der Waals surface area (Å²) < 4.78 is 5.17. The molecule has 1 amide bonds. The molecule has 0 bridgehead atoms. The number of aliphatic carboxylic acids is 1. The van der Waals surface area contributed by atoms with Crippen LogP contribution in [0.3, 0.4) is 0 Å². The van der Waals surface area contributed by atoms with Crippen LogP contribution in [-0.4, -0.2) is 30.1 Å². The Labute approximate surface area is 146 Å². The molecular weight excluding hydrogens is 320 g/mol. The molecule has 6 heteroatoms. The highest BCUT2D eigenvalue weighted by atomic mass is 16.5. The summed E-state index contributed by atoms with van der Waals surface area (Å²) in [6.07, 6.45) is 0.133. The Bertz CT molecular complexity index is 726. The fraction of sp³-hybridized carbons (Fsp3) is 0.263. The van der Waals surface area contributed by atoms with E-state index in [2.05, 4.69) is 5.32 Å². The third kappa shape index (κ3) is 4.97. The summed E-state index contributed by atoms with van der Waals surface area (Å²) in [6.45, 7) is 1.44. The molecule has 0 spiro atoms. The number of hydrogen-bond donors (Lipinski definition) is 3. The minimum absolute atomic E-state index is 0.133.